The number of rotatable bonds is 4. The molecule has 1 aromatic heterocycles. The average molecular weight is 344 g/mol. The Labute approximate surface area is 148 Å². The molecule has 0 amide bonds. The van der Waals surface area contributed by atoms with Gasteiger partial charge in [-0.3, -0.25) is 14.4 Å². The summed E-state index contributed by atoms with van der Waals surface area (Å²) < 4.78 is 4.68. The zero-order valence-corrected chi connectivity index (χ0v) is 14.9. The van der Waals surface area contributed by atoms with Gasteiger partial charge in [-0.1, -0.05) is 31.0 Å². The molecule has 6 heteroatoms. The largest absolute Gasteiger partial charge is 0.298 e. The first-order chi connectivity index (χ1) is 11.8. The smallest absolute Gasteiger partial charge is 0.203 e. The summed E-state index contributed by atoms with van der Waals surface area (Å²) in [6.07, 6.45) is 7.44. The normalized spacial score (nSPS) is 20.7. The van der Waals surface area contributed by atoms with Gasteiger partial charge in [0.25, 0.3) is 0 Å². The molecule has 128 valence electrons. The Morgan fingerprint density at radius 3 is 2.42 bits per heavy atom. The minimum atomic E-state index is 0.763. The van der Waals surface area contributed by atoms with Gasteiger partial charge in [0.15, 0.2) is 0 Å². The van der Waals surface area contributed by atoms with E-state index in [4.69, 9.17) is 12.2 Å². The van der Waals surface area contributed by atoms with Crippen molar-refractivity contribution in [2.75, 3.05) is 26.2 Å². The van der Waals surface area contributed by atoms with E-state index in [-0.39, 0.29) is 0 Å². The number of hydrogen-bond donors (Lipinski definition) is 0. The molecular weight excluding hydrogens is 318 g/mol. The van der Waals surface area contributed by atoms with Gasteiger partial charge in [-0.15, -0.1) is 0 Å². The molecular formula is C18H25N5S. The monoisotopic (exact) mass is 343 g/mol. The standard InChI is InChI=1S/C18H25N5S/c24-18-22(17-8-2-1-3-9-17)14-19-23(18)15-20-10-12-21(13-11-20)16-6-4-5-7-16/h1-3,8-9,14,16H,4-7,10-13,15H2. The average Bonchev–Trinajstić information content (AvgIpc) is 3.28. The molecule has 2 aliphatic rings. The first-order valence-electron chi connectivity index (χ1n) is 8.97. The van der Waals surface area contributed by atoms with Gasteiger partial charge in [0.2, 0.25) is 4.77 Å². The molecule has 1 aliphatic heterocycles. The van der Waals surface area contributed by atoms with Crippen molar-refractivity contribution in [1.82, 2.24) is 24.1 Å². The summed E-state index contributed by atoms with van der Waals surface area (Å²) in [7, 11) is 0. The third-order valence-corrected chi connectivity index (χ3v) is 5.76. The van der Waals surface area contributed by atoms with E-state index in [9.17, 15) is 0 Å². The molecule has 2 fully saturated rings. The van der Waals surface area contributed by atoms with Crippen LogP contribution in [0.4, 0.5) is 0 Å². The van der Waals surface area contributed by atoms with Crippen LogP contribution in [-0.4, -0.2) is 56.4 Å². The molecule has 1 saturated carbocycles. The van der Waals surface area contributed by atoms with Gasteiger partial charge in [0.1, 0.15) is 6.33 Å². The van der Waals surface area contributed by atoms with E-state index >= 15 is 0 Å². The maximum atomic E-state index is 5.61. The van der Waals surface area contributed by atoms with Crippen LogP contribution in [0.1, 0.15) is 25.7 Å². The second-order valence-electron chi connectivity index (χ2n) is 6.85. The van der Waals surface area contributed by atoms with Crippen LogP contribution in [0.25, 0.3) is 5.69 Å². The fourth-order valence-corrected chi connectivity index (χ4v) is 4.19. The Balaban J connectivity index is 1.38. The minimum Gasteiger partial charge on any atom is -0.298 e. The van der Waals surface area contributed by atoms with E-state index in [1.807, 2.05) is 33.8 Å². The molecule has 0 radical (unpaired) electrons. The second-order valence-corrected chi connectivity index (χ2v) is 7.22. The summed E-state index contributed by atoms with van der Waals surface area (Å²) in [6, 6.07) is 11.0. The fraction of sp³-hybridized carbons (Fsp3) is 0.556. The predicted molar refractivity (Wildman–Crippen MR) is 97.8 cm³/mol. The lowest BCUT2D eigenvalue weighted by Crippen LogP contribution is -2.49. The van der Waals surface area contributed by atoms with Gasteiger partial charge in [-0.05, 0) is 37.2 Å². The lowest BCUT2D eigenvalue weighted by molar-refractivity contribution is 0.0756. The first-order valence-corrected chi connectivity index (χ1v) is 9.38. The molecule has 1 aliphatic carbocycles. The van der Waals surface area contributed by atoms with Crippen LogP contribution in [0.5, 0.6) is 0 Å². The van der Waals surface area contributed by atoms with E-state index in [0.29, 0.717) is 0 Å². The van der Waals surface area contributed by atoms with E-state index < -0.39 is 0 Å². The molecule has 0 N–H and O–H groups in total. The summed E-state index contributed by atoms with van der Waals surface area (Å²) in [5.74, 6) is 0. The Morgan fingerprint density at radius 2 is 1.71 bits per heavy atom. The van der Waals surface area contributed by atoms with Crippen LogP contribution in [-0.2, 0) is 6.67 Å². The maximum absolute atomic E-state index is 5.61. The molecule has 4 rings (SSSR count). The number of para-hydroxylation sites is 1. The molecule has 1 saturated heterocycles. The Kier molecular flexibility index (Phi) is 4.78. The van der Waals surface area contributed by atoms with Crippen LogP contribution in [0.2, 0.25) is 0 Å². The van der Waals surface area contributed by atoms with Crippen molar-refractivity contribution in [3.05, 3.63) is 41.4 Å². The minimum absolute atomic E-state index is 0.763. The van der Waals surface area contributed by atoms with Crippen molar-refractivity contribution in [3.63, 3.8) is 0 Å². The Bertz CT molecular complexity index is 709. The highest BCUT2D eigenvalue weighted by Crippen LogP contribution is 2.24. The summed E-state index contributed by atoms with van der Waals surface area (Å²) >= 11 is 5.61. The number of hydrogen-bond acceptors (Lipinski definition) is 4. The third-order valence-electron chi connectivity index (χ3n) is 5.35. The van der Waals surface area contributed by atoms with Gasteiger partial charge < -0.3 is 0 Å². The first kappa shape index (κ1) is 16.0. The van der Waals surface area contributed by atoms with Crippen molar-refractivity contribution in [2.24, 2.45) is 0 Å². The molecule has 1 aromatic carbocycles. The van der Waals surface area contributed by atoms with E-state index in [1.165, 1.54) is 38.8 Å². The van der Waals surface area contributed by atoms with Crippen molar-refractivity contribution in [3.8, 4) is 5.69 Å². The maximum Gasteiger partial charge on any atom is 0.203 e. The van der Waals surface area contributed by atoms with Crippen LogP contribution < -0.4 is 0 Å². The summed E-state index contributed by atoms with van der Waals surface area (Å²) in [4.78, 5) is 5.15. The topological polar surface area (TPSA) is 29.2 Å². The zero-order valence-electron chi connectivity index (χ0n) is 14.0. The SMILES string of the molecule is S=c1n(-c2ccccc2)cnn1CN1CCN(C2CCCC2)CC1. The summed E-state index contributed by atoms with van der Waals surface area (Å²) in [5.41, 5.74) is 1.07. The van der Waals surface area contributed by atoms with Crippen molar-refractivity contribution < 1.29 is 0 Å². The lowest BCUT2D eigenvalue weighted by atomic mass is 10.2. The number of aromatic nitrogens is 3. The van der Waals surface area contributed by atoms with Crippen LogP contribution >= 0.6 is 12.2 Å². The van der Waals surface area contributed by atoms with Gasteiger partial charge >= 0.3 is 0 Å². The second kappa shape index (κ2) is 7.17. The summed E-state index contributed by atoms with van der Waals surface area (Å²) in [5, 5.41) is 4.50. The van der Waals surface area contributed by atoms with Crippen LogP contribution in [0.15, 0.2) is 36.7 Å². The van der Waals surface area contributed by atoms with E-state index in [1.54, 1.807) is 0 Å². The van der Waals surface area contributed by atoms with E-state index in [2.05, 4.69) is 27.0 Å². The van der Waals surface area contributed by atoms with Gasteiger partial charge in [0, 0.05) is 37.9 Å². The molecule has 2 aromatic rings. The quantitative estimate of drug-likeness (QED) is 0.798. The van der Waals surface area contributed by atoms with Crippen LogP contribution in [0.3, 0.4) is 0 Å². The highest BCUT2D eigenvalue weighted by Gasteiger charge is 2.26. The molecule has 5 nitrogen and oxygen atoms in total. The summed E-state index contributed by atoms with van der Waals surface area (Å²) in [6.45, 7) is 5.36. The van der Waals surface area contributed by atoms with Crippen molar-refractivity contribution in [1.29, 1.82) is 0 Å². The highest BCUT2D eigenvalue weighted by atomic mass is 32.1. The number of piperazine rings is 1. The number of benzene rings is 1. The molecule has 24 heavy (non-hydrogen) atoms. The molecule has 2 heterocycles. The van der Waals surface area contributed by atoms with Crippen molar-refractivity contribution in [2.45, 2.75) is 38.4 Å². The predicted octanol–water partition coefficient (Wildman–Crippen LogP) is 2.92. The molecule has 0 atom stereocenters. The van der Waals surface area contributed by atoms with Gasteiger partial charge in [-0.2, -0.15) is 5.10 Å². The zero-order chi connectivity index (χ0) is 16.4. The lowest BCUT2D eigenvalue weighted by Gasteiger charge is -2.37. The third kappa shape index (κ3) is 3.31. The van der Waals surface area contributed by atoms with Gasteiger partial charge in [0.05, 0.1) is 6.67 Å². The Hall–Kier alpha value is -1.50. The van der Waals surface area contributed by atoms with Crippen molar-refractivity contribution >= 4 is 12.2 Å². The molecule has 0 spiro atoms. The Morgan fingerprint density at radius 1 is 1.00 bits per heavy atom. The number of nitrogens with zero attached hydrogens (tertiary/aromatic N) is 5. The molecule has 0 bridgehead atoms. The molecule has 0 unspecified atom stereocenters. The fourth-order valence-electron chi connectivity index (χ4n) is 3.93. The highest BCUT2D eigenvalue weighted by molar-refractivity contribution is 7.71. The van der Waals surface area contributed by atoms with Gasteiger partial charge in [-0.25, -0.2) is 4.68 Å². The van der Waals surface area contributed by atoms with E-state index in [0.717, 1.165) is 36.3 Å². The van der Waals surface area contributed by atoms with Crippen LogP contribution in [0, 0.1) is 4.77 Å².